The maximum atomic E-state index is 11.7. The summed E-state index contributed by atoms with van der Waals surface area (Å²) in [4.78, 5) is 11.7. The van der Waals surface area contributed by atoms with Gasteiger partial charge in [0.25, 0.3) is 0 Å². The first-order chi connectivity index (χ1) is 10.0. The lowest BCUT2D eigenvalue weighted by Gasteiger charge is -2.27. The molecule has 1 fully saturated rings. The van der Waals surface area contributed by atoms with Crippen molar-refractivity contribution >= 4 is 11.8 Å². The van der Waals surface area contributed by atoms with Gasteiger partial charge in [0.1, 0.15) is 5.54 Å². The molecule has 1 aromatic rings. The van der Waals surface area contributed by atoms with E-state index in [4.69, 9.17) is 0 Å². The number of aromatic nitrogens is 3. The Morgan fingerprint density at radius 2 is 2.33 bits per heavy atom. The SMILES string of the molecule is CCCNC(C#N)(CSc1n[nH]c(=O)n1C(C)C)C1CC1. The maximum absolute atomic E-state index is 11.7. The van der Waals surface area contributed by atoms with E-state index in [0.29, 0.717) is 16.8 Å². The topological polar surface area (TPSA) is 86.5 Å². The van der Waals surface area contributed by atoms with E-state index in [9.17, 15) is 10.1 Å². The molecule has 6 nitrogen and oxygen atoms in total. The number of H-pyrrole nitrogens is 1. The third kappa shape index (κ3) is 3.50. The number of thioether (sulfide) groups is 1. The Balaban J connectivity index is 2.12. The fourth-order valence-corrected chi connectivity index (χ4v) is 3.73. The van der Waals surface area contributed by atoms with Crippen molar-refractivity contribution in [1.29, 1.82) is 5.26 Å². The molecule has 0 amide bonds. The minimum absolute atomic E-state index is 0.0553. The van der Waals surface area contributed by atoms with Crippen molar-refractivity contribution < 1.29 is 0 Å². The maximum Gasteiger partial charge on any atom is 0.344 e. The molecule has 0 aromatic carbocycles. The van der Waals surface area contributed by atoms with Crippen LogP contribution in [-0.2, 0) is 0 Å². The summed E-state index contributed by atoms with van der Waals surface area (Å²) in [5.41, 5.74) is -0.694. The van der Waals surface area contributed by atoms with Crippen LogP contribution in [0.1, 0.15) is 46.1 Å². The van der Waals surface area contributed by atoms with Crippen molar-refractivity contribution in [2.24, 2.45) is 5.92 Å². The van der Waals surface area contributed by atoms with Gasteiger partial charge in [0.05, 0.1) is 6.07 Å². The Hall–Kier alpha value is -1.26. The smallest absolute Gasteiger partial charge is 0.298 e. The number of nitriles is 1. The summed E-state index contributed by atoms with van der Waals surface area (Å²) < 4.78 is 1.64. The van der Waals surface area contributed by atoms with Gasteiger partial charge in [-0.1, -0.05) is 18.7 Å². The van der Waals surface area contributed by atoms with Crippen LogP contribution in [0, 0.1) is 17.2 Å². The number of nitrogens with zero attached hydrogens (tertiary/aromatic N) is 3. The molecule has 1 aromatic heterocycles. The van der Waals surface area contributed by atoms with Crippen molar-refractivity contribution in [2.45, 2.75) is 56.8 Å². The van der Waals surface area contributed by atoms with Gasteiger partial charge in [0.15, 0.2) is 5.16 Å². The Bertz CT molecular complexity index is 569. The average Bonchev–Trinajstić information content (AvgIpc) is 3.24. The first kappa shape index (κ1) is 16.1. The molecule has 21 heavy (non-hydrogen) atoms. The van der Waals surface area contributed by atoms with Gasteiger partial charge in [0.2, 0.25) is 0 Å². The predicted octanol–water partition coefficient (Wildman–Crippen LogP) is 1.92. The van der Waals surface area contributed by atoms with Crippen molar-refractivity contribution in [3.8, 4) is 6.07 Å². The molecule has 0 bridgehead atoms. The third-order valence-electron chi connectivity index (χ3n) is 3.78. The Kier molecular flexibility index (Phi) is 5.12. The molecule has 2 rings (SSSR count). The molecule has 1 saturated carbocycles. The van der Waals surface area contributed by atoms with Crippen LogP contribution >= 0.6 is 11.8 Å². The average molecular weight is 309 g/mol. The molecular weight excluding hydrogens is 286 g/mol. The molecule has 116 valence electrons. The Labute approximate surface area is 129 Å². The Morgan fingerprint density at radius 3 is 2.86 bits per heavy atom. The number of aromatic amines is 1. The van der Waals surface area contributed by atoms with Crippen molar-refractivity contribution in [3.05, 3.63) is 10.5 Å². The van der Waals surface area contributed by atoms with Crippen LogP contribution < -0.4 is 11.0 Å². The molecule has 1 unspecified atom stereocenters. The highest BCUT2D eigenvalue weighted by molar-refractivity contribution is 7.99. The first-order valence-electron chi connectivity index (χ1n) is 7.50. The molecule has 1 aliphatic rings. The minimum atomic E-state index is -0.502. The summed E-state index contributed by atoms with van der Waals surface area (Å²) in [5.74, 6) is 1.03. The van der Waals surface area contributed by atoms with Gasteiger partial charge in [-0.25, -0.2) is 9.89 Å². The number of hydrogen-bond donors (Lipinski definition) is 2. The number of rotatable bonds is 8. The van der Waals surface area contributed by atoms with Crippen molar-refractivity contribution in [3.63, 3.8) is 0 Å². The van der Waals surface area contributed by atoms with Crippen LogP contribution in [0.2, 0.25) is 0 Å². The highest BCUT2D eigenvalue weighted by Crippen LogP contribution is 2.42. The summed E-state index contributed by atoms with van der Waals surface area (Å²) in [6.45, 7) is 6.84. The summed E-state index contributed by atoms with van der Waals surface area (Å²) in [6.07, 6.45) is 3.20. The van der Waals surface area contributed by atoms with E-state index in [1.54, 1.807) is 4.57 Å². The van der Waals surface area contributed by atoms with Gasteiger partial charge in [-0.05, 0) is 45.6 Å². The molecule has 0 saturated heterocycles. The number of nitrogens with one attached hydrogen (secondary N) is 2. The lowest BCUT2D eigenvalue weighted by molar-refractivity contribution is 0.405. The minimum Gasteiger partial charge on any atom is -0.298 e. The van der Waals surface area contributed by atoms with Crippen LogP contribution in [0.15, 0.2) is 9.95 Å². The fourth-order valence-electron chi connectivity index (χ4n) is 2.43. The van der Waals surface area contributed by atoms with E-state index in [2.05, 4.69) is 28.5 Å². The molecule has 1 atom stereocenters. The summed E-state index contributed by atoms with van der Waals surface area (Å²) in [5, 5.41) is 20.3. The quantitative estimate of drug-likeness (QED) is 0.716. The van der Waals surface area contributed by atoms with Crippen LogP contribution in [-0.4, -0.2) is 32.6 Å². The zero-order valence-corrected chi connectivity index (χ0v) is 13.7. The fraction of sp³-hybridized carbons (Fsp3) is 0.786. The van der Waals surface area contributed by atoms with Gasteiger partial charge in [-0.15, -0.1) is 5.10 Å². The van der Waals surface area contributed by atoms with E-state index in [1.807, 2.05) is 13.8 Å². The highest BCUT2D eigenvalue weighted by atomic mass is 32.2. The zero-order chi connectivity index (χ0) is 15.5. The normalized spacial score (nSPS) is 17.7. The van der Waals surface area contributed by atoms with E-state index >= 15 is 0 Å². The van der Waals surface area contributed by atoms with Gasteiger partial charge in [-0.2, -0.15) is 5.26 Å². The largest absolute Gasteiger partial charge is 0.344 e. The lowest BCUT2D eigenvalue weighted by Crippen LogP contribution is -2.48. The van der Waals surface area contributed by atoms with Crippen LogP contribution in [0.5, 0.6) is 0 Å². The van der Waals surface area contributed by atoms with Gasteiger partial charge in [-0.3, -0.25) is 9.88 Å². The molecule has 1 heterocycles. The standard InChI is InChI=1S/C14H23N5OS/c1-4-7-16-14(8-15,11-5-6-11)9-21-13-18-17-12(20)19(13)10(2)3/h10-11,16H,4-7,9H2,1-3H3,(H,17,20). The van der Waals surface area contributed by atoms with Crippen molar-refractivity contribution in [2.75, 3.05) is 12.3 Å². The van der Waals surface area contributed by atoms with Gasteiger partial charge >= 0.3 is 5.69 Å². The second-order valence-corrected chi connectivity index (χ2v) is 6.79. The lowest BCUT2D eigenvalue weighted by atomic mass is 9.97. The third-order valence-corrected chi connectivity index (χ3v) is 4.93. The van der Waals surface area contributed by atoms with Gasteiger partial charge in [0, 0.05) is 11.8 Å². The van der Waals surface area contributed by atoms with Crippen molar-refractivity contribution in [1.82, 2.24) is 20.1 Å². The van der Waals surface area contributed by atoms with E-state index in [1.165, 1.54) is 11.8 Å². The second-order valence-electron chi connectivity index (χ2n) is 5.85. The molecule has 7 heteroatoms. The molecule has 2 N–H and O–H groups in total. The molecule has 0 spiro atoms. The van der Waals surface area contributed by atoms with Crippen LogP contribution in [0.3, 0.4) is 0 Å². The molecule has 0 radical (unpaired) electrons. The zero-order valence-electron chi connectivity index (χ0n) is 12.8. The van der Waals surface area contributed by atoms with Crippen LogP contribution in [0.25, 0.3) is 0 Å². The van der Waals surface area contributed by atoms with E-state index < -0.39 is 5.54 Å². The van der Waals surface area contributed by atoms with E-state index in [0.717, 1.165) is 25.8 Å². The molecule has 0 aliphatic heterocycles. The molecular formula is C14H23N5OS. The summed E-state index contributed by atoms with van der Waals surface area (Å²) in [7, 11) is 0. The van der Waals surface area contributed by atoms with Crippen LogP contribution in [0.4, 0.5) is 0 Å². The first-order valence-corrected chi connectivity index (χ1v) is 8.48. The predicted molar refractivity (Wildman–Crippen MR) is 83.3 cm³/mol. The summed E-state index contributed by atoms with van der Waals surface area (Å²) in [6, 6.07) is 2.54. The molecule has 1 aliphatic carbocycles. The monoisotopic (exact) mass is 309 g/mol. The Morgan fingerprint density at radius 1 is 1.62 bits per heavy atom. The second kappa shape index (κ2) is 6.67. The van der Waals surface area contributed by atoms with Gasteiger partial charge < -0.3 is 0 Å². The highest BCUT2D eigenvalue weighted by Gasteiger charge is 2.45. The number of hydrogen-bond acceptors (Lipinski definition) is 5. The van der Waals surface area contributed by atoms with E-state index in [-0.39, 0.29) is 11.7 Å². The summed E-state index contributed by atoms with van der Waals surface area (Å²) >= 11 is 1.48.